The van der Waals surface area contributed by atoms with E-state index in [4.69, 9.17) is 9.47 Å². The molecule has 0 unspecified atom stereocenters. The summed E-state index contributed by atoms with van der Waals surface area (Å²) in [5, 5.41) is 6.45. The molecule has 0 atom stereocenters. The molecule has 1 aromatic carbocycles. The van der Waals surface area contributed by atoms with Crippen LogP contribution in [0.1, 0.15) is 36.0 Å². The summed E-state index contributed by atoms with van der Waals surface area (Å²) in [7, 11) is 1.73. The summed E-state index contributed by atoms with van der Waals surface area (Å²) in [6, 6.07) is 7.44. The van der Waals surface area contributed by atoms with Crippen molar-refractivity contribution in [1.29, 1.82) is 0 Å². The van der Waals surface area contributed by atoms with Gasteiger partial charge in [-0.3, -0.25) is 4.79 Å². The van der Waals surface area contributed by atoms with Crippen LogP contribution >= 0.6 is 12.4 Å². The Hall–Kier alpha value is -1.30. The van der Waals surface area contributed by atoms with Crippen LogP contribution in [0.15, 0.2) is 24.3 Å². The summed E-state index contributed by atoms with van der Waals surface area (Å²) < 4.78 is 11.1. The molecule has 2 aliphatic rings. The molecule has 1 amide bonds. The van der Waals surface area contributed by atoms with Crippen LogP contribution in [0.4, 0.5) is 0 Å². The van der Waals surface area contributed by atoms with Crippen LogP contribution < -0.4 is 15.4 Å². The molecule has 1 aromatic rings. The normalized spacial score (nSPS) is 18.9. The first-order valence-electron chi connectivity index (χ1n) is 8.91. The van der Waals surface area contributed by atoms with Gasteiger partial charge in [0, 0.05) is 24.6 Å². The van der Waals surface area contributed by atoms with Crippen molar-refractivity contribution in [3.05, 3.63) is 29.8 Å². The van der Waals surface area contributed by atoms with Crippen LogP contribution in [0, 0.1) is 11.3 Å². The molecule has 0 spiro atoms. The number of carbonyl (C=O) groups excluding carboxylic acids is 1. The highest BCUT2D eigenvalue weighted by atomic mass is 35.5. The van der Waals surface area contributed by atoms with Crippen molar-refractivity contribution in [1.82, 2.24) is 10.6 Å². The standard InChI is InChI=1S/C19H28N2O3.ClH/c1-23-14-19(8-10-20-11-9-19)13-21-18(22)16-4-6-17(7-5-16)24-12-15-2-3-15;/h4-7,15,20H,2-3,8-14H2,1H3,(H,21,22);1H. The Labute approximate surface area is 156 Å². The Morgan fingerprint density at radius 2 is 1.92 bits per heavy atom. The van der Waals surface area contributed by atoms with Crippen molar-refractivity contribution in [2.24, 2.45) is 11.3 Å². The third-order valence-corrected chi connectivity index (χ3v) is 5.04. The van der Waals surface area contributed by atoms with E-state index in [9.17, 15) is 4.79 Å². The van der Waals surface area contributed by atoms with Gasteiger partial charge in [0.25, 0.3) is 5.91 Å². The summed E-state index contributed by atoms with van der Waals surface area (Å²) in [6.07, 6.45) is 4.60. The molecular weight excluding hydrogens is 340 g/mol. The van der Waals surface area contributed by atoms with Crippen molar-refractivity contribution >= 4 is 18.3 Å². The minimum Gasteiger partial charge on any atom is -0.493 e. The number of amides is 1. The number of carbonyl (C=O) groups is 1. The van der Waals surface area contributed by atoms with Gasteiger partial charge in [0.2, 0.25) is 0 Å². The number of methoxy groups -OCH3 is 1. The highest BCUT2D eigenvalue weighted by molar-refractivity contribution is 5.94. The topological polar surface area (TPSA) is 59.6 Å². The molecule has 0 bridgehead atoms. The molecule has 1 aliphatic carbocycles. The quantitative estimate of drug-likeness (QED) is 0.740. The van der Waals surface area contributed by atoms with Crippen molar-refractivity contribution in [2.75, 3.05) is 40.0 Å². The van der Waals surface area contributed by atoms with Gasteiger partial charge in [-0.25, -0.2) is 0 Å². The fourth-order valence-corrected chi connectivity index (χ4v) is 3.21. The minimum atomic E-state index is -0.0299. The number of hydrogen-bond acceptors (Lipinski definition) is 4. The molecule has 1 heterocycles. The largest absolute Gasteiger partial charge is 0.493 e. The monoisotopic (exact) mass is 368 g/mol. The van der Waals surface area contributed by atoms with Crippen LogP contribution in [0.3, 0.4) is 0 Å². The first-order chi connectivity index (χ1) is 11.7. The third kappa shape index (κ3) is 5.87. The zero-order valence-corrected chi connectivity index (χ0v) is 15.7. The van der Waals surface area contributed by atoms with Crippen molar-refractivity contribution in [3.8, 4) is 5.75 Å². The molecule has 1 aliphatic heterocycles. The molecule has 140 valence electrons. The lowest BCUT2D eigenvalue weighted by Crippen LogP contribution is -2.47. The number of halogens is 1. The molecule has 2 N–H and O–H groups in total. The SMILES string of the molecule is COCC1(CNC(=O)c2ccc(OCC3CC3)cc2)CCNCC1.Cl. The Balaban J connectivity index is 0.00000225. The van der Waals surface area contributed by atoms with Gasteiger partial charge >= 0.3 is 0 Å². The maximum Gasteiger partial charge on any atom is 0.251 e. The van der Waals surface area contributed by atoms with Gasteiger partial charge in [0.05, 0.1) is 13.2 Å². The molecule has 0 aromatic heterocycles. The average molecular weight is 369 g/mol. The van der Waals surface area contributed by atoms with E-state index in [1.165, 1.54) is 12.8 Å². The summed E-state index contributed by atoms with van der Waals surface area (Å²) in [5.74, 6) is 1.54. The fraction of sp³-hybridized carbons (Fsp3) is 0.632. The van der Waals surface area contributed by atoms with Gasteiger partial charge in [-0.15, -0.1) is 12.4 Å². The Morgan fingerprint density at radius 3 is 2.52 bits per heavy atom. The summed E-state index contributed by atoms with van der Waals surface area (Å²) in [4.78, 5) is 12.4. The summed E-state index contributed by atoms with van der Waals surface area (Å²) in [5.41, 5.74) is 0.721. The predicted octanol–water partition coefficient (Wildman–Crippen LogP) is 2.64. The number of rotatable bonds is 8. The molecule has 6 heteroatoms. The van der Waals surface area contributed by atoms with Crippen LogP contribution in [0.2, 0.25) is 0 Å². The average Bonchev–Trinajstić information content (AvgIpc) is 3.44. The molecule has 25 heavy (non-hydrogen) atoms. The second kappa shape index (κ2) is 9.41. The zero-order valence-electron chi connectivity index (χ0n) is 14.9. The van der Waals surface area contributed by atoms with E-state index in [2.05, 4.69) is 10.6 Å². The number of ether oxygens (including phenoxy) is 2. The van der Waals surface area contributed by atoms with Crippen LogP contribution in [-0.2, 0) is 4.74 Å². The third-order valence-electron chi connectivity index (χ3n) is 5.04. The Morgan fingerprint density at radius 1 is 1.24 bits per heavy atom. The first-order valence-corrected chi connectivity index (χ1v) is 8.91. The lowest BCUT2D eigenvalue weighted by molar-refractivity contribution is 0.0512. The summed E-state index contributed by atoms with van der Waals surface area (Å²) in [6.45, 7) is 4.09. The van der Waals surface area contributed by atoms with Crippen molar-refractivity contribution in [2.45, 2.75) is 25.7 Å². The van der Waals surface area contributed by atoms with E-state index in [0.717, 1.165) is 44.2 Å². The second-order valence-electron chi connectivity index (χ2n) is 7.14. The van der Waals surface area contributed by atoms with E-state index in [-0.39, 0.29) is 23.7 Å². The van der Waals surface area contributed by atoms with Gasteiger partial charge in [0.15, 0.2) is 0 Å². The number of piperidine rings is 1. The van der Waals surface area contributed by atoms with Crippen LogP contribution in [0.5, 0.6) is 5.75 Å². The predicted molar refractivity (Wildman–Crippen MR) is 101 cm³/mol. The van der Waals surface area contributed by atoms with Crippen LogP contribution in [0.25, 0.3) is 0 Å². The molecule has 1 saturated carbocycles. The molecule has 2 fully saturated rings. The van der Waals surface area contributed by atoms with Gasteiger partial charge in [-0.1, -0.05) is 0 Å². The van der Waals surface area contributed by atoms with Gasteiger partial charge < -0.3 is 20.1 Å². The van der Waals surface area contributed by atoms with Gasteiger partial charge in [0.1, 0.15) is 5.75 Å². The van der Waals surface area contributed by atoms with E-state index in [0.29, 0.717) is 18.7 Å². The number of hydrogen-bond donors (Lipinski definition) is 2. The molecule has 3 rings (SSSR count). The second-order valence-corrected chi connectivity index (χ2v) is 7.14. The first kappa shape index (κ1) is 20.0. The Kier molecular flexibility index (Phi) is 7.54. The highest BCUT2D eigenvalue weighted by Gasteiger charge is 2.32. The molecule has 0 radical (unpaired) electrons. The van der Waals surface area contributed by atoms with E-state index >= 15 is 0 Å². The lowest BCUT2D eigenvalue weighted by atomic mass is 9.79. The molecule has 5 nitrogen and oxygen atoms in total. The lowest BCUT2D eigenvalue weighted by Gasteiger charge is -2.37. The van der Waals surface area contributed by atoms with E-state index in [1.54, 1.807) is 7.11 Å². The van der Waals surface area contributed by atoms with E-state index in [1.807, 2.05) is 24.3 Å². The highest BCUT2D eigenvalue weighted by Crippen LogP contribution is 2.30. The van der Waals surface area contributed by atoms with Crippen molar-refractivity contribution < 1.29 is 14.3 Å². The maximum atomic E-state index is 12.4. The minimum absolute atomic E-state index is 0. The summed E-state index contributed by atoms with van der Waals surface area (Å²) >= 11 is 0. The van der Waals surface area contributed by atoms with E-state index < -0.39 is 0 Å². The van der Waals surface area contributed by atoms with Gasteiger partial charge in [-0.2, -0.15) is 0 Å². The van der Waals surface area contributed by atoms with Crippen LogP contribution in [-0.4, -0.2) is 45.9 Å². The number of nitrogens with one attached hydrogen (secondary N) is 2. The molecular formula is C19H29ClN2O3. The molecule has 1 saturated heterocycles. The Bertz CT molecular complexity index is 535. The van der Waals surface area contributed by atoms with Crippen molar-refractivity contribution in [3.63, 3.8) is 0 Å². The zero-order chi connectivity index (χ0) is 16.8. The van der Waals surface area contributed by atoms with Gasteiger partial charge in [-0.05, 0) is 69.0 Å². The fourth-order valence-electron chi connectivity index (χ4n) is 3.21. The number of benzene rings is 1. The maximum absolute atomic E-state index is 12.4. The smallest absolute Gasteiger partial charge is 0.251 e.